The lowest BCUT2D eigenvalue weighted by molar-refractivity contribution is 0.206. The monoisotopic (exact) mass is 213 g/mol. The van der Waals surface area contributed by atoms with Gasteiger partial charge in [0.15, 0.2) is 0 Å². The smallest absolute Gasteiger partial charge is 0.00187 e. The van der Waals surface area contributed by atoms with Crippen LogP contribution in [0.2, 0.25) is 0 Å². The van der Waals surface area contributed by atoms with Gasteiger partial charge >= 0.3 is 0 Å². The highest BCUT2D eigenvalue weighted by Gasteiger charge is 2.15. The van der Waals surface area contributed by atoms with E-state index in [9.17, 15) is 0 Å². The van der Waals surface area contributed by atoms with Crippen molar-refractivity contribution in [3.05, 3.63) is 0 Å². The van der Waals surface area contributed by atoms with Crippen molar-refractivity contribution in [2.45, 2.75) is 25.7 Å². The summed E-state index contributed by atoms with van der Waals surface area (Å²) in [5.41, 5.74) is 0. The highest BCUT2D eigenvalue weighted by molar-refractivity contribution is 4.72. The van der Waals surface area contributed by atoms with Gasteiger partial charge in [-0.15, -0.1) is 0 Å². The SMILES string of the molecule is CNCCCCNCC1CCCN(C)C1. The molecule has 0 amide bonds. The summed E-state index contributed by atoms with van der Waals surface area (Å²) in [5.74, 6) is 0.882. The Morgan fingerprint density at radius 3 is 2.80 bits per heavy atom. The van der Waals surface area contributed by atoms with E-state index in [2.05, 4.69) is 22.6 Å². The predicted octanol–water partition coefficient (Wildman–Crippen LogP) is 0.917. The van der Waals surface area contributed by atoms with Crippen LogP contribution in [0.1, 0.15) is 25.7 Å². The zero-order valence-corrected chi connectivity index (χ0v) is 10.4. The summed E-state index contributed by atoms with van der Waals surface area (Å²) in [7, 11) is 4.25. The van der Waals surface area contributed by atoms with Crippen LogP contribution in [0.15, 0.2) is 0 Å². The summed E-state index contributed by atoms with van der Waals surface area (Å²) < 4.78 is 0. The maximum Gasteiger partial charge on any atom is 0.00187 e. The molecule has 1 aliphatic heterocycles. The second kappa shape index (κ2) is 8.08. The predicted molar refractivity (Wildman–Crippen MR) is 66.3 cm³/mol. The molecule has 1 unspecified atom stereocenters. The Hall–Kier alpha value is -0.120. The lowest BCUT2D eigenvalue weighted by atomic mass is 9.98. The van der Waals surface area contributed by atoms with E-state index in [0.29, 0.717) is 0 Å². The molecule has 90 valence electrons. The third-order valence-corrected chi connectivity index (χ3v) is 3.19. The van der Waals surface area contributed by atoms with Crippen LogP contribution in [-0.4, -0.2) is 51.7 Å². The molecule has 15 heavy (non-hydrogen) atoms. The van der Waals surface area contributed by atoms with Crippen LogP contribution in [0, 0.1) is 5.92 Å². The zero-order valence-electron chi connectivity index (χ0n) is 10.4. The van der Waals surface area contributed by atoms with Crippen LogP contribution in [0.3, 0.4) is 0 Å². The molecule has 1 saturated heterocycles. The average Bonchev–Trinajstić information content (AvgIpc) is 2.23. The fourth-order valence-corrected chi connectivity index (χ4v) is 2.30. The van der Waals surface area contributed by atoms with Gasteiger partial charge in [-0.2, -0.15) is 0 Å². The average molecular weight is 213 g/mol. The van der Waals surface area contributed by atoms with Crippen LogP contribution in [0.4, 0.5) is 0 Å². The van der Waals surface area contributed by atoms with Gasteiger partial charge in [0.05, 0.1) is 0 Å². The van der Waals surface area contributed by atoms with E-state index in [1.165, 1.54) is 51.9 Å². The molecular weight excluding hydrogens is 186 g/mol. The quantitative estimate of drug-likeness (QED) is 0.616. The first-order valence-electron chi connectivity index (χ1n) is 6.37. The van der Waals surface area contributed by atoms with Crippen molar-refractivity contribution < 1.29 is 0 Å². The molecule has 1 aliphatic rings. The fraction of sp³-hybridized carbons (Fsp3) is 1.00. The maximum absolute atomic E-state index is 3.58. The first-order valence-corrected chi connectivity index (χ1v) is 6.37. The third-order valence-electron chi connectivity index (χ3n) is 3.19. The van der Waals surface area contributed by atoms with Gasteiger partial charge in [0.2, 0.25) is 0 Å². The van der Waals surface area contributed by atoms with E-state index in [1.54, 1.807) is 0 Å². The number of unbranched alkanes of at least 4 members (excludes halogenated alkanes) is 1. The minimum Gasteiger partial charge on any atom is -0.320 e. The summed E-state index contributed by atoms with van der Waals surface area (Å²) >= 11 is 0. The van der Waals surface area contributed by atoms with Gasteiger partial charge < -0.3 is 15.5 Å². The Kier molecular flexibility index (Phi) is 6.98. The van der Waals surface area contributed by atoms with Crippen LogP contribution in [0.25, 0.3) is 0 Å². The zero-order chi connectivity index (χ0) is 10.9. The molecule has 0 bridgehead atoms. The summed E-state index contributed by atoms with van der Waals surface area (Å²) in [6.07, 6.45) is 5.37. The molecule has 0 aromatic rings. The Labute approximate surface area is 94.6 Å². The summed E-state index contributed by atoms with van der Waals surface area (Å²) in [6, 6.07) is 0. The van der Waals surface area contributed by atoms with E-state index in [1.807, 2.05) is 7.05 Å². The first kappa shape index (κ1) is 12.9. The Morgan fingerprint density at radius 2 is 2.07 bits per heavy atom. The van der Waals surface area contributed by atoms with Crippen molar-refractivity contribution in [2.75, 3.05) is 46.8 Å². The van der Waals surface area contributed by atoms with Crippen molar-refractivity contribution >= 4 is 0 Å². The second-order valence-electron chi connectivity index (χ2n) is 4.79. The molecule has 3 nitrogen and oxygen atoms in total. The third kappa shape index (κ3) is 6.13. The second-order valence-corrected chi connectivity index (χ2v) is 4.79. The normalized spacial score (nSPS) is 23.2. The molecule has 0 spiro atoms. The molecule has 1 rings (SSSR count). The van der Waals surface area contributed by atoms with E-state index in [0.717, 1.165) is 12.5 Å². The van der Waals surface area contributed by atoms with Crippen molar-refractivity contribution in [3.63, 3.8) is 0 Å². The van der Waals surface area contributed by atoms with Gasteiger partial charge in [0.1, 0.15) is 0 Å². The van der Waals surface area contributed by atoms with E-state index < -0.39 is 0 Å². The molecule has 1 heterocycles. The van der Waals surface area contributed by atoms with Crippen LogP contribution < -0.4 is 10.6 Å². The van der Waals surface area contributed by atoms with Crippen molar-refractivity contribution in [1.29, 1.82) is 0 Å². The molecular formula is C12H27N3. The molecule has 0 aliphatic carbocycles. The van der Waals surface area contributed by atoms with Gasteiger partial charge in [-0.25, -0.2) is 0 Å². The number of hydrogen-bond donors (Lipinski definition) is 2. The van der Waals surface area contributed by atoms with E-state index >= 15 is 0 Å². The van der Waals surface area contributed by atoms with E-state index in [4.69, 9.17) is 0 Å². The first-order chi connectivity index (χ1) is 7.33. The van der Waals surface area contributed by atoms with Gasteiger partial charge in [0.25, 0.3) is 0 Å². The Bertz CT molecular complexity index is 150. The summed E-state index contributed by atoms with van der Waals surface area (Å²) in [5, 5.41) is 6.76. The van der Waals surface area contributed by atoms with Crippen molar-refractivity contribution in [3.8, 4) is 0 Å². The fourth-order valence-electron chi connectivity index (χ4n) is 2.30. The molecule has 1 fully saturated rings. The molecule has 2 N–H and O–H groups in total. The van der Waals surface area contributed by atoms with Crippen LogP contribution in [-0.2, 0) is 0 Å². The van der Waals surface area contributed by atoms with Gasteiger partial charge in [-0.1, -0.05) is 0 Å². The lowest BCUT2D eigenvalue weighted by Gasteiger charge is -2.29. The minimum absolute atomic E-state index is 0.882. The Balaban J connectivity index is 1.90. The molecule has 0 aromatic heterocycles. The molecule has 3 heteroatoms. The number of nitrogens with one attached hydrogen (secondary N) is 2. The molecule has 0 radical (unpaired) electrons. The van der Waals surface area contributed by atoms with Gasteiger partial charge in [0, 0.05) is 6.54 Å². The topological polar surface area (TPSA) is 27.3 Å². The highest BCUT2D eigenvalue weighted by atomic mass is 15.1. The molecule has 1 atom stereocenters. The number of nitrogens with zero attached hydrogens (tertiary/aromatic N) is 1. The number of rotatable bonds is 7. The lowest BCUT2D eigenvalue weighted by Crippen LogP contribution is -2.37. The maximum atomic E-state index is 3.58. The molecule has 0 aromatic carbocycles. The standard InChI is InChI=1S/C12H27N3/c1-13-7-3-4-8-14-10-12-6-5-9-15(2)11-12/h12-14H,3-11H2,1-2H3. The van der Waals surface area contributed by atoms with Crippen LogP contribution >= 0.6 is 0 Å². The van der Waals surface area contributed by atoms with E-state index in [-0.39, 0.29) is 0 Å². The largest absolute Gasteiger partial charge is 0.320 e. The van der Waals surface area contributed by atoms with Gasteiger partial charge in [-0.3, -0.25) is 0 Å². The van der Waals surface area contributed by atoms with Crippen molar-refractivity contribution in [1.82, 2.24) is 15.5 Å². The highest BCUT2D eigenvalue weighted by Crippen LogP contribution is 2.13. The Morgan fingerprint density at radius 1 is 1.27 bits per heavy atom. The summed E-state index contributed by atoms with van der Waals surface area (Å²) in [4.78, 5) is 2.46. The van der Waals surface area contributed by atoms with Gasteiger partial charge in [-0.05, 0) is 71.9 Å². The number of likely N-dealkylation sites (tertiary alicyclic amines) is 1. The number of hydrogen-bond acceptors (Lipinski definition) is 3. The van der Waals surface area contributed by atoms with Crippen LogP contribution in [0.5, 0.6) is 0 Å². The summed E-state index contributed by atoms with van der Waals surface area (Å²) in [6.45, 7) is 6.11. The number of piperidine rings is 1. The van der Waals surface area contributed by atoms with Crippen molar-refractivity contribution in [2.24, 2.45) is 5.92 Å². The molecule has 0 saturated carbocycles. The minimum atomic E-state index is 0.882.